The first-order valence-electron chi connectivity index (χ1n) is 10.3. The van der Waals surface area contributed by atoms with Crippen molar-refractivity contribution in [3.63, 3.8) is 0 Å². The van der Waals surface area contributed by atoms with E-state index in [1.54, 1.807) is 13.4 Å². The van der Waals surface area contributed by atoms with Crippen LogP contribution in [0.2, 0.25) is 0 Å². The van der Waals surface area contributed by atoms with Crippen molar-refractivity contribution in [1.82, 2.24) is 25.4 Å². The van der Waals surface area contributed by atoms with Gasteiger partial charge in [0.25, 0.3) is 0 Å². The van der Waals surface area contributed by atoms with E-state index in [9.17, 15) is 0 Å². The molecule has 2 N–H and O–H groups in total. The van der Waals surface area contributed by atoms with Crippen LogP contribution in [-0.2, 0) is 13.1 Å². The molecular weight excluding hydrogens is 376 g/mol. The van der Waals surface area contributed by atoms with Crippen LogP contribution in [0.3, 0.4) is 0 Å². The zero-order valence-corrected chi connectivity index (χ0v) is 17.5. The number of ether oxygens (including phenoxy) is 1. The lowest BCUT2D eigenvalue weighted by atomic mass is 10.1. The van der Waals surface area contributed by atoms with E-state index in [1.807, 2.05) is 34.9 Å². The van der Waals surface area contributed by atoms with Gasteiger partial charge in [0, 0.05) is 24.8 Å². The van der Waals surface area contributed by atoms with Crippen LogP contribution in [0.25, 0.3) is 5.69 Å². The number of hydrogen-bond donors (Lipinski definition) is 2. The minimum atomic E-state index is 0.507. The van der Waals surface area contributed by atoms with E-state index in [1.165, 1.54) is 18.4 Å². The highest BCUT2D eigenvalue weighted by Crippen LogP contribution is 2.30. The number of aliphatic imine (C=N–C) groups is 1. The minimum Gasteiger partial charge on any atom is -0.493 e. The molecule has 1 saturated carbocycles. The quantitative estimate of drug-likeness (QED) is 0.445. The first-order chi connectivity index (χ1) is 14.7. The second kappa shape index (κ2) is 9.43. The Kier molecular flexibility index (Phi) is 6.27. The molecule has 0 spiro atoms. The summed E-state index contributed by atoms with van der Waals surface area (Å²) in [4.78, 5) is 4.33. The summed E-state index contributed by atoms with van der Waals surface area (Å²) in [5.41, 5.74) is 3.35. The van der Waals surface area contributed by atoms with Gasteiger partial charge in [0.1, 0.15) is 12.1 Å². The van der Waals surface area contributed by atoms with Gasteiger partial charge in [0.15, 0.2) is 11.8 Å². The van der Waals surface area contributed by atoms with Gasteiger partial charge in [-0.1, -0.05) is 30.3 Å². The van der Waals surface area contributed by atoms with E-state index in [0.29, 0.717) is 19.0 Å². The van der Waals surface area contributed by atoms with Crippen molar-refractivity contribution in [3.8, 4) is 11.4 Å². The molecule has 0 bridgehead atoms. The van der Waals surface area contributed by atoms with Crippen molar-refractivity contribution in [2.45, 2.75) is 32.9 Å². The Morgan fingerprint density at radius 3 is 2.70 bits per heavy atom. The fraction of sp³-hybridized carbons (Fsp3) is 0.348. The number of guanidine groups is 1. The van der Waals surface area contributed by atoms with Crippen LogP contribution in [0.15, 0.2) is 59.9 Å². The van der Waals surface area contributed by atoms with Gasteiger partial charge in [0.05, 0.1) is 13.2 Å². The number of hydrogen-bond acceptors (Lipinski definition) is 4. The van der Waals surface area contributed by atoms with E-state index in [2.05, 4.69) is 50.9 Å². The molecule has 1 aliphatic rings. The first kappa shape index (κ1) is 19.9. The number of aryl methyl sites for hydroxylation is 1. The second-order valence-electron chi connectivity index (χ2n) is 7.60. The summed E-state index contributed by atoms with van der Waals surface area (Å²) < 4.78 is 8.03. The maximum absolute atomic E-state index is 6.07. The predicted molar refractivity (Wildman–Crippen MR) is 118 cm³/mol. The molecule has 1 fully saturated rings. The monoisotopic (exact) mass is 404 g/mol. The Hall–Kier alpha value is -3.35. The number of nitrogens with one attached hydrogen (secondary N) is 2. The third-order valence-electron chi connectivity index (χ3n) is 5.13. The highest BCUT2D eigenvalue weighted by Gasteiger charge is 2.22. The third-order valence-corrected chi connectivity index (χ3v) is 5.13. The van der Waals surface area contributed by atoms with Crippen LogP contribution in [0.4, 0.5) is 0 Å². The Bertz CT molecular complexity index is 994. The summed E-state index contributed by atoms with van der Waals surface area (Å²) in [6, 6.07) is 16.4. The van der Waals surface area contributed by atoms with Crippen molar-refractivity contribution in [2.24, 2.45) is 10.9 Å². The molecular formula is C23H28N6O. The highest BCUT2D eigenvalue weighted by molar-refractivity contribution is 5.79. The zero-order chi connectivity index (χ0) is 20.8. The maximum atomic E-state index is 6.07. The molecule has 1 aromatic heterocycles. The number of nitrogens with zero attached hydrogens (tertiary/aromatic N) is 4. The molecule has 3 aromatic rings. The fourth-order valence-electron chi connectivity index (χ4n) is 3.18. The standard InChI is InChI=1S/C23H28N6O/c1-17-8-11-19(21(12-17)30-15-18-9-10-18)13-25-23(24-2)26-14-22-28-27-16-29(22)20-6-4-3-5-7-20/h3-8,11-12,16,18H,9-10,13-15H2,1-2H3,(H2,24,25,26). The average molecular weight is 405 g/mol. The molecule has 1 aliphatic carbocycles. The Balaban J connectivity index is 1.36. The van der Waals surface area contributed by atoms with Gasteiger partial charge in [0.2, 0.25) is 0 Å². The smallest absolute Gasteiger partial charge is 0.191 e. The topological polar surface area (TPSA) is 76.4 Å². The number of aromatic nitrogens is 3. The van der Waals surface area contributed by atoms with Crippen LogP contribution in [0.1, 0.15) is 29.8 Å². The molecule has 4 rings (SSSR count). The van der Waals surface area contributed by atoms with E-state index in [-0.39, 0.29) is 0 Å². The molecule has 7 nitrogen and oxygen atoms in total. The normalized spacial score (nSPS) is 13.9. The number of benzene rings is 2. The summed E-state index contributed by atoms with van der Waals surface area (Å²) in [6.07, 6.45) is 4.28. The summed E-state index contributed by atoms with van der Waals surface area (Å²) >= 11 is 0. The largest absolute Gasteiger partial charge is 0.493 e. The molecule has 30 heavy (non-hydrogen) atoms. The Morgan fingerprint density at radius 1 is 1.13 bits per heavy atom. The molecule has 0 amide bonds. The van der Waals surface area contributed by atoms with E-state index < -0.39 is 0 Å². The average Bonchev–Trinajstić information content (AvgIpc) is 3.49. The molecule has 2 aromatic carbocycles. The van der Waals surface area contributed by atoms with E-state index in [4.69, 9.17) is 4.74 Å². The Morgan fingerprint density at radius 2 is 1.93 bits per heavy atom. The lowest BCUT2D eigenvalue weighted by Crippen LogP contribution is -2.37. The summed E-state index contributed by atoms with van der Waals surface area (Å²) in [5.74, 6) is 3.19. The van der Waals surface area contributed by atoms with Crippen LogP contribution in [0, 0.1) is 12.8 Å². The van der Waals surface area contributed by atoms with Crippen molar-refractivity contribution < 1.29 is 4.74 Å². The summed E-state index contributed by atoms with van der Waals surface area (Å²) in [6.45, 7) is 4.03. The molecule has 0 saturated heterocycles. The van der Waals surface area contributed by atoms with Crippen LogP contribution >= 0.6 is 0 Å². The van der Waals surface area contributed by atoms with Gasteiger partial charge < -0.3 is 15.4 Å². The lowest BCUT2D eigenvalue weighted by Gasteiger charge is -2.15. The summed E-state index contributed by atoms with van der Waals surface area (Å²) in [5, 5.41) is 15.0. The van der Waals surface area contributed by atoms with Crippen LogP contribution in [0.5, 0.6) is 5.75 Å². The van der Waals surface area contributed by atoms with Gasteiger partial charge in [-0.05, 0) is 49.4 Å². The van der Waals surface area contributed by atoms with Gasteiger partial charge in [-0.3, -0.25) is 9.56 Å². The Labute approximate surface area is 177 Å². The van der Waals surface area contributed by atoms with Gasteiger partial charge in [-0.2, -0.15) is 0 Å². The van der Waals surface area contributed by atoms with E-state index >= 15 is 0 Å². The minimum absolute atomic E-state index is 0.507. The van der Waals surface area contributed by atoms with Gasteiger partial charge in [-0.25, -0.2) is 0 Å². The fourth-order valence-corrected chi connectivity index (χ4v) is 3.18. The predicted octanol–water partition coefficient (Wildman–Crippen LogP) is 3.23. The SMILES string of the molecule is CN=C(NCc1ccc(C)cc1OCC1CC1)NCc1nncn1-c1ccccc1. The van der Waals surface area contributed by atoms with Crippen LogP contribution < -0.4 is 15.4 Å². The first-order valence-corrected chi connectivity index (χ1v) is 10.3. The molecule has 0 aliphatic heterocycles. The maximum Gasteiger partial charge on any atom is 0.191 e. The summed E-state index contributed by atoms with van der Waals surface area (Å²) in [7, 11) is 1.76. The van der Waals surface area contributed by atoms with Gasteiger partial charge >= 0.3 is 0 Å². The number of rotatable bonds is 8. The molecule has 156 valence electrons. The highest BCUT2D eigenvalue weighted by atomic mass is 16.5. The number of para-hydroxylation sites is 1. The third kappa shape index (κ3) is 5.17. The van der Waals surface area contributed by atoms with Crippen molar-refractivity contribution in [1.29, 1.82) is 0 Å². The molecule has 0 atom stereocenters. The van der Waals surface area contributed by atoms with Crippen LogP contribution in [-0.4, -0.2) is 34.4 Å². The van der Waals surface area contributed by atoms with E-state index in [0.717, 1.165) is 35.3 Å². The zero-order valence-electron chi connectivity index (χ0n) is 17.5. The van der Waals surface area contributed by atoms with Gasteiger partial charge in [-0.15, -0.1) is 10.2 Å². The molecule has 0 unspecified atom stereocenters. The second-order valence-corrected chi connectivity index (χ2v) is 7.60. The molecule has 1 heterocycles. The van der Waals surface area contributed by atoms with Crippen molar-refractivity contribution in [3.05, 3.63) is 71.8 Å². The molecule has 0 radical (unpaired) electrons. The van der Waals surface area contributed by atoms with Crippen molar-refractivity contribution >= 4 is 5.96 Å². The molecule has 7 heteroatoms. The lowest BCUT2D eigenvalue weighted by molar-refractivity contribution is 0.296. The van der Waals surface area contributed by atoms with Crippen molar-refractivity contribution in [2.75, 3.05) is 13.7 Å².